The Labute approximate surface area is 139 Å². The number of hydrogen-bond donors (Lipinski definition) is 2. The van der Waals surface area contributed by atoms with E-state index in [4.69, 9.17) is 4.99 Å². The van der Waals surface area contributed by atoms with Crippen LogP contribution in [0.1, 0.15) is 45.4 Å². The minimum Gasteiger partial charge on any atom is -0.393 e. The molecule has 0 aromatic carbocycles. The van der Waals surface area contributed by atoms with Gasteiger partial charge in [-0.2, -0.15) is 0 Å². The summed E-state index contributed by atoms with van der Waals surface area (Å²) >= 11 is 0. The quantitative estimate of drug-likeness (QED) is 0.599. The minimum absolute atomic E-state index is 0.189. The summed E-state index contributed by atoms with van der Waals surface area (Å²) in [6.45, 7) is 5.08. The smallest absolute Gasteiger partial charge is 0.230 e. The van der Waals surface area contributed by atoms with E-state index in [9.17, 15) is 9.90 Å². The number of rotatable bonds is 4. The zero-order valence-corrected chi connectivity index (χ0v) is 14.8. The molecular formula is C17H32N4O2. The fourth-order valence-electron chi connectivity index (χ4n) is 3.70. The molecule has 0 aromatic heterocycles. The van der Waals surface area contributed by atoms with Crippen molar-refractivity contribution < 1.29 is 9.90 Å². The van der Waals surface area contributed by atoms with E-state index >= 15 is 0 Å². The van der Waals surface area contributed by atoms with Crippen LogP contribution in [-0.4, -0.2) is 73.2 Å². The Morgan fingerprint density at radius 2 is 1.91 bits per heavy atom. The van der Waals surface area contributed by atoms with Gasteiger partial charge < -0.3 is 20.2 Å². The summed E-state index contributed by atoms with van der Waals surface area (Å²) in [6, 6.07) is 0. The van der Waals surface area contributed by atoms with Crippen molar-refractivity contribution in [3.8, 4) is 0 Å². The lowest BCUT2D eigenvalue weighted by molar-refractivity contribution is -0.138. The van der Waals surface area contributed by atoms with Crippen molar-refractivity contribution in [2.45, 2.75) is 51.6 Å². The molecule has 23 heavy (non-hydrogen) atoms. The van der Waals surface area contributed by atoms with Gasteiger partial charge in [-0.25, -0.2) is 0 Å². The third kappa shape index (κ3) is 4.37. The molecule has 1 amide bonds. The summed E-state index contributed by atoms with van der Waals surface area (Å²) in [6.07, 6.45) is 5.48. The first-order valence-corrected chi connectivity index (χ1v) is 8.91. The maximum absolute atomic E-state index is 12.6. The van der Waals surface area contributed by atoms with E-state index in [1.807, 2.05) is 14.1 Å². The molecule has 2 aliphatic rings. The van der Waals surface area contributed by atoms with Crippen LogP contribution in [0.5, 0.6) is 0 Å². The average molecular weight is 324 g/mol. The monoisotopic (exact) mass is 324 g/mol. The first-order chi connectivity index (χ1) is 11.0. The fraction of sp³-hybridized carbons (Fsp3) is 0.882. The van der Waals surface area contributed by atoms with Crippen molar-refractivity contribution in [3.05, 3.63) is 0 Å². The normalized spacial score (nSPS) is 22.3. The molecule has 0 radical (unpaired) electrons. The van der Waals surface area contributed by atoms with Crippen LogP contribution in [0.25, 0.3) is 0 Å². The second kappa shape index (κ2) is 7.99. The van der Waals surface area contributed by atoms with Crippen LogP contribution in [-0.2, 0) is 4.79 Å². The van der Waals surface area contributed by atoms with Crippen LogP contribution in [0.2, 0.25) is 0 Å². The highest BCUT2D eigenvalue weighted by molar-refractivity contribution is 5.84. The number of aliphatic imine (C=N–C) groups is 1. The van der Waals surface area contributed by atoms with E-state index in [-0.39, 0.29) is 17.4 Å². The van der Waals surface area contributed by atoms with E-state index in [0.29, 0.717) is 6.54 Å². The average Bonchev–Trinajstić information content (AvgIpc) is 3.01. The number of carbonyl (C=O) groups excluding carboxylic acids is 1. The summed E-state index contributed by atoms with van der Waals surface area (Å²) in [5, 5.41) is 13.0. The van der Waals surface area contributed by atoms with Crippen LogP contribution in [0.4, 0.5) is 0 Å². The van der Waals surface area contributed by atoms with Gasteiger partial charge in [0.15, 0.2) is 5.96 Å². The zero-order valence-electron chi connectivity index (χ0n) is 14.8. The Balaban J connectivity index is 2.10. The van der Waals surface area contributed by atoms with Crippen LogP contribution in [0.15, 0.2) is 4.99 Å². The van der Waals surface area contributed by atoms with Gasteiger partial charge in [0.1, 0.15) is 0 Å². The van der Waals surface area contributed by atoms with Crippen LogP contribution < -0.4 is 5.32 Å². The van der Waals surface area contributed by atoms with Gasteiger partial charge in [0.05, 0.1) is 18.1 Å². The summed E-state index contributed by atoms with van der Waals surface area (Å²) in [5.74, 6) is 1.10. The van der Waals surface area contributed by atoms with E-state index in [0.717, 1.165) is 64.1 Å². The van der Waals surface area contributed by atoms with Crippen LogP contribution in [0.3, 0.4) is 0 Å². The number of nitrogens with zero attached hydrogens (tertiary/aromatic N) is 3. The summed E-state index contributed by atoms with van der Waals surface area (Å²) in [4.78, 5) is 21.4. The van der Waals surface area contributed by atoms with Crippen molar-refractivity contribution >= 4 is 11.9 Å². The first-order valence-electron chi connectivity index (χ1n) is 8.91. The van der Waals surface area contributed by atoms with Gasteiger partial charge >= 0.3 is 0 Å². The lowest BCUT2D eigenvalue weighted by Gasteiger charge is -2.34. The van der Waals surface area contributed by atoms with Gasteiger partial charge in [-0.05, 0) is 32.6 Å². The Kier molecular flexibility index (Phi) is 6.27. The number of aliphatic hydroxyl groups excluding tert-OH is 1. The second-order valence-electron chi connectivity index (χ2n) is 7.08. The second-order valence-corrected chi connectivity index (χ2v) is 7.08. The molecule has 0 spiro atoms. The lowest BCUT2D eigenvalue weighted by Crippen LogP contribution is -2.47. The van der Waals surface area contributed by atoms with Crippen molar-refractivity contribution in [2.24, 2.45) is 10.4 Å². The maximum Gasteiger partial charge on any atom is 0.230 e. The molecular weight excluding hydrogens is 292 g/mol. The standard InChI is InChI=1S/C17H32N4O2/c1-4-18-16(21-11-7-14(22)8-12-21)19-13-17(9-5-6-10-17)15(23)20(2)3/h14,22H,4-13H2,1-3H3,(H,18,19). The number of nitrogens with one attached hydrogen (secondary N) is 1. The summed E-state index contributed by atoms with van der Waals surface area (Å²) in [5.41, 5.74) is -0.320. The number of hydrogen-bond acceptors (Lipinski definition) is 3. The van der Waals surface area contributed by atoms with Crippen LogP contribution >= 0.6 is 0 Å². The van der Waals surface area contributed by atoms with Crippen LogP contribution in [0, 0.1) is 5.41 Å². The molecule has 2 fully saturated rings. The molecule has 0 unspecified atom stereocenters. The Morgan fingerprint density at radius 1 is 1.30 bits per heavy atom. The number of likely N-dealkylation sites (tertiary alicyclic amines) is 1. The van der Waals surface area contributed by atoms with Gasteiger partial charge in [-0.3, -0.25) is 9.79 Å². The van der Waals surface area contributed by atoms with Crippen molar-refractivity contribution in [3.63, 3.8) is 0 Å². The van der Waals surface area contributed by atoms with E-state index in [1.54, 1.807) is 4.90 Å². The van der Waals surface area contributed by atoms with Gasteiger partial charge in [0.25, 0.3) is 0 Å². The molecule has 0 atom stereocenters. The highest BCUT2D eigenvalue weighted by Gasteiger charge is 2.42. The van der Waals surface area contributed by atoms with Crippen molar-refractivity contribution in [2.75, 3.05) is 40.3 Å². The maximum atomic E-state index is 12.6. The van der Waals surface area contributed by atoms with Crippen molar-refractivity contribution in [1.29, 1.82) is 0 Å². The summed E-state index contributed by atoms with van der Waals surface area (Å²) in [7, 11) is 3.67. The van der Waals surface area contributed by atoms with Gasteiger partial charge in [0.2, 0.25) is 5.91 Å². The fourth-order valence-corrected chi connectivity index (χ4v) is 3.70. The molecule has 1 aliphatic carbocycles. The number of aliphatic hydroxyl groups is 1. The van der Waals surface area contributed by atoms with Crippen molar-refractivity contribution in [1.82, 2.24) is 15.1 Å². The molecule has 1 saturated carbocycles. The highest BCUT2D eigenvalue weighted by atomic mass is 16.3. The Bertz CT molecular complexity index is 422. The molecule has 132 valence electrons. The van der Waals surface area contributed by atoms with Gasteiger partial charge in [-0.1, -0.05) is 12.8 Å². The molecule has 1 heterocycles. The number of guanidine groups is 1. The molecule has 1 aliphatic heterocycles. The number of piperidine rings is 1. The zero-order chi connectivity index (χ0) is 16.9. The Hall–Kier alpha value is -1.30. The Morgan fingerprint density at radius 3 is 2.43 bits per heavy atom. The predicted molar refractivity (Wildman–Crippen MR) is 92.4 cm³/mol. The molecule has 0 bridgehead atoms. The summed E-state index contributed by atoms with van der Waals surface area (Å²) < 4.78 is 0. The number of amides is 1. The largest absolute Gasteiger partial charge is 0.393 e. The number of carbonyl (C=O) groups is 1. The molecule has 0 aromatic rings. The van der Waals surface area contributed by atoms with E-state index < -0.39 is 0 Å². The molecule has 6 heteroatoms. The third-order valence-corrected chi connectivity index (χ3v) is 5.05. The predicted octanol–water partition coefficient (Wildman–Crippen LogP) is 1.06. The topological polar surface area (TPSA) is 68.2 Å². The van der Waals surface area contributed by atoms with Gasteiger partial charge in [0, 0.05) is 33.7 Å². The van der Waals surface area contributed by atoms with Gasteiger partial charge in [-0.15, -0.1) is 0 Å². The first kappa shape index (κ1) is 18.0. The highest BCUT2D eigenvalue weighted by Crippen LogP contribution is 2.39. The molecule has 2 rings (SSSR count). The third-order valence-electron chi connectivity index (χ3n) is 5.05. The lowest BCUT2D eigenvalue weighted by atomic mass is 9.85. The molecule has 1 saturated heterocycles. The van der Waals surface area contributed by atoms with E-state index in [1.165, 1.54) is 0 Å². The molecule has 2 N–H and O–H groups in total. The minimum atomic E-state index is -0.320. The molecule has 6 nitrogen and oxygen atoms in total. The SMILES string of the molecule is CCNC(=NCC1(C(=O)N(C)C)CCCC1)N1CCC(O)CC1. The van der Waals surface area contributed by atoms with E-state index in [2.05, 4.69) is 17.1 Å².